The van der Waals surface area contributed by atoms with Gasteiger partial charge in [-0.05, 0) is 55.3 Å². The van der Waals surface area contributed by atoms with E-state index < -0.39 is 23.8 Å². The van der Waals surface area contributed by atoms with Crippen molar-refractivity contribution in [2.45, 2.75) is 19.4 Å². The maximum absolute atomic E-state index is 14.3. The van der Waals surface area contributed by atoms with Crippen LogP contribution in [0.2, 0.25) is 0 Å². The maximum atomic E-state index is 14.3. The number of halogens is 1. The number of ether oxygens (including phenoxy) is 1. The van der Waals surface area contributed by atoms with Crippen LogP contribution in [-0.2, 0) is 4.79 Å². The zero-order chi connectivity index (χ0) is 27.0. The molecule has 11 heteroatoms. The minimum atomic E-state index is -1.10. The molecular formula is C27H26FN5O5. The number of rotatable bonds is 6. The lowest BCUT2D eigenvalue weighted by Gasteiger charge is -2.34. The Morgan fingerprint density at radius 3 is 2.68 bits per heavy atom. The topological polar surface area (TPSA) is 129 Å². The van der Waals surface area contributed by atoms with Crippen molar-refractivity contribution in [1.29, 1.82) is 0 Å². The highest BCUT2D eigenvalue weighted by atomic mass is 19.1. The van der Waals surface area contributed by atoms with Gasteiger partial charge in [0.15, 0.2) is 23.0 Å². The summed E-state index contributed by atoms with van der Waals surface area (Å²) >= 11 is 0. The van der Waals surface area contributed by atoms with Crippen LogP contribution in [0.3, 0.4) is 0 Å². The molecule has 196 valence electrons. The Balaban J connectivity index is 1.36. The van der Waals surface area contributed by atoms with Gasteiger partial charge in [0.2, 0.25) is 0 Å². The minimum Gasteiger partial charge on any atom is -0.494 e. The summed E-state index contributed by atoms with van der Waals surface area (Å²) in [7, 11) is 1.41. The Kier molecular flexibility index (Phi) is 6.68. The van der Waals surface area contributed by atoms with Crippen LogP contribution < -0.4 is 10.1 Å². The number of aliphatic hydroxyl groups is 1. The molecular weight excluding hydrogens is 493 g/mol. The van der Waals surface area contributed by atoms with Gasteiger partial charge in [-0.1, -0.05) is 0 Å². The number of imidazole rings is 1. The van der Waals surface area contributed by atoms with Crippen molar-refractivity contribution < 1.29 is 28.9 Å². The van der Waals surface area contributed by atoms with Crippen LogP contribution in [0.5, 0.6) is 5.75 Å². The molecule has 2 aromatic heterocycles. The number of hydrogen-bond acceptors (Lipinski definition) is 7. The van der Waals surface area contributed by atoms with Gasteiger partial charge >= 0.3 is 5.97 Å². The zero-order valence-corrected chi connectivity index (χ0v) is 20.8. The molecule has 3 N–H and O–H groups in total. The van der Waals surface area contributed by atoms with Gasteiger partial charge < -0.3 is 25.2 Å². The summed E-state index contributed by atoms with van der Waals surface area (Å²) in [5.74, 6) is -2.02. The summed E-state index contributed by atoms with van der Waals surface area (Å²) in [6, 6.07) is 9.94. The number of methoxy groups -OCH3 is 1. The van der Waals surface area contributed by atoms with E-state index in [9.17, 15) is 24.2 Å². The molecule has 3 heterocycles. The first kappa shape index (κ1) is 25.2. The van der Waals surface area contributed by atoms with Crippen molar-refractivity contribution >= 4 is 29.0 Å². The van der Waals surface area contributed by atoms with E-state index in [-0.39, 0.29) is 31.2 Å². The number of benzene rings is 2. The predicted octanol–water partition coefficient (Wildman–Crippen LogP) is 3.50. The molecule has 0 aliphatic carbocycles. The van der Waals surface area contributed by atoms with E-state index >= 15 is 0 Å². The number of hydrogen-bond donors (Lipinski definition) is 3. The first-order valence-electron chi connectivity index (χ1n) is 12.0. The summed E-state index contributed by atoms with van der Waals surface area (Å²) in [6.07, 6.45) is 4.08. The van der Waals surface area contributed by atoms with Crippen LogP contribution in [0.15, 0.2) is 55.0 Å². The van der Waals surface area contributed by atoms with Gasteiger partial charge in [0.1, 0.15) is 0 Å². The number of nitrogens with zero attached hydrogens (tertiary/aromatic N) is 4. The van der Waals surface area contributed by atoms with Crippen LogP contribution in [0.1, 0.15) is 22.3 Å². The molecule has 2 aromatic carbocycles. The molecule has 5 rings (SSSR count). The molecule has 1 amide bonds. The average Bonchev–Trinajstić information content (AvgIpc) is 3.33. The second-order valence-electron chi connectivity index (χ2n) is 9.17. The Hall–Kier alpha value is -4.51. The third-order valence-corrected chi connectivity index (χ3v) is 6.78. The molecule has 0 spiro atoms. The van der Waals surface area contributed by atoms with E-state index in [1.54, 1.807) is 54.2 Å². The van der Waals surface area contributed by atoms with Crippen LogP contribution in [0, 0.1) is 18.7 Å². The van der Waals surface area contributed by atoms with Gasteiger partial charge in [0, 0.05) is 42.3 Å². The first-order valence-corrected chi connectivity index (χ1v) is 12.0. The van der Waals surface area contributed by atoms with Gasteiger partial charge in [-0.25, -0.2) is 14.4 Å². The average molecular weight is 520 g/mol. The Morgan fingerprint density at radius 1 is 1.18 bits per heavy atom. The highest BCUT2D eigenvalue weighted by Crippen LogP contribution is 2.29. The third-order valence-electron chi connectivity index (χ3n) is 6.78. The molecule has 0 unspecified atom stereocenters. The predicted molar refractivity (Wildman–Crippen MR) is 137 cm³/mol. The molecule has 4 aromatic rings. The molecule has 1 fully saturated rings. The largest absolute Gasteiger partial charge is 0.494 e. The lowest BCUT2D eigenvalue weighted by molar-refractivity contribution is -0.148. The SMILES string of the molecule is COc1ccc(-c2cnc3c(Nc4ccc(C(=O)N5CC[C@@H](C(=O)O)[C@H](O)C5)c(C)c4)nccn23)cc1F. The third kappa shape index (κ3) is 4.63. The van der Waals surface area contributed by atoms with E-state index in [1.807, 2.05) is 6.07 Å². The van der Waals surface area contributed by atoms with Crippen LogP contribution in [-0.4, -0.2) is 67.7 Å². The molecule has 1 saturated heterocycles. The van der Waals surface area contributed by atoms with Crippen molar-refractivity contribution in [2.75, 3.05) is 25.5 Å². The van der Waals surface area contributed by atoms with Gasteiger partial charge in [0.25, 0.3) is 5.91 Å². The number of aliphatic hydroxyl groups excluding tert-OH is 1. The Labute approximate surface area is 217 Å². The molecule has 0 saturated carbocycles. The number of carbonyl (C=O) groups excluding carboxylic acids is 1. The van der Waals surface area contributed by atoms with Gasteiger partial charge in [-0.15, -0.1) is 0 Å². The lowest BCUT2D eigenvalue weighted by atomic mass is 9.93. The number of carboxylic acid groups (broad SMARTS) is 1. The number of anilines is 2. The highest BCUT2D eigenvalue weighted by Gasteiger charge is 2.35. The quantitative estimate of drug-likeness (QED) is 0.353. The number of piperidine rings is 1. The van der Waals surface area contributed by atoms with E-state index in [1.165, 1.54) is 18.1 Å². The first-order chi connectivity index (χ1) is 18.3. The second kappa shape index (κ2) is 10.1. The van der Waals surface area contributed by atoms with Crippen molar-refractivity contribution in [2.24, 2.45) is 5.92 Å². The summed E-state index contributed by atoms with van der Waals surface area (Å²) in [6.45, 7) is 2.04. The number of amides is 1. The standard InChI is InChI=1S/C27H26FN5O5/c1-15-11-17(4-5-18(15)26(35)32-9-7-19(27(36)37)22(34)14-32)31-24-25-30-13-21(33(25)10-8-29-24)16-3-6-23(38-2)20(28)12-16/h3-6,8,10-13,19,22,34H,7,9,14H2,1-2H3,(H,29,31)(H,36,37)/t19-,22-/m1/s1. The summed E-state index contributed by atoms with van der Waals surface area (Å²) in [5.41, 5.74) is 3.70. The van der Waals surface area contributed by atoms with Gasteiger partial charge in [0.05, 0.1) is 31.0 Å². The number of aliphatic carboxylic acids is 1. The van der Waals surface area contributed by atoms with E-state index in [0.29, 0.717) is 39.5 Å². The molecule has 0 bridgehead atoms. The monoisotopic (exact) mass is 519 g/mol. The van der Waals surface area contributed by atoms with Crippen LogP contribution >= 0.6 is 0 Å². The van der Waals surface area contributed by atoms with Gasteiger partial charge in [-0.2, -0.15) is 0 Å². The fraction of sp³-hybridized carbons (Fsp3) is 0.259. The molecule has 0 radical (unpaired) electrons. The summed E-state index contributed by atoms with van der Waals surface area (Å²) in [5, 5.41) is 22.6. The maximum Gasteiger partial charge on any atom is 0.309 e. The number of aromatic nitrogens is 3. The zero-order valence-electron chi connectivity index (χ0n) is 20.8. The van der Waals surface area contributed by atoms with E-state index in [2.05, 4.69) is 15.3 Å². The molecule has 1 aliphatic rings. The van der Waals surface area contributed by atoms with E-state index in [0.717, 1.165) is 0 Å². The van der Waals surface area contributed by atoms with Crippen LogP contribution in [0.25, 0.3) is 16.9 Å². The number of β-amino-alcohol motifs (C(OH)–C–C–N with tert-alkyl or cyclic N) is 1. The molecule has 1 aliphatic heterocycles. The van der Waals surface area contributed by atoms with E-state index in [4.69, 9.17) is 4.74 Å². The highest BCUT2D eigenvalue weighted by molar-refractivity contribution is 5.96. The smallest absolute Gasteiger partial charge is 0.309 e. The van der Waals surface area contributed by atoms with Crippen molar-refractivity contribution in [3.8, 4) is 17.0 Å². The molecule has 38 heavy (non-hydrogen) atoms. The summed E-state index contributed by atoms with van der Waals surface area (Å²) < 4.78 is 21.1. The molecule has 10 nitrogen and oxygen atoms in total. The summed E-state index contributed by atoms with van der Waals surface area (Å²) in [4.78, 5) is 34.7. The lowest BCUT2D eigenvalue weighted by Crippen LogP contribution is -2.48. The minimum absolute atomic E-state index is 0.0263. The number of carboxylic acids is 1. The normalized spacial score (nSPS) is 17.4. The van der Waals surface area contributed by atoms with Crippen molar-refractivity contribution in [1.82, 2.24) is 19.3 Å². The fourth-order valence-corrected chi connectivity index (χ4v) is 4.74. The number of aryl methyl sites for hydroxylation is 1. The van der Waals surface area contributed by atoms with Crippen molar-refractivity contribution in [3.63, 3.8) is 0 Å². The molecule has 2 atom stereocenters. The van der Waals surface area contributed by atoms with Crippen molar-refractivity contribution in [3.05, 3.63) is 71.9 Å². The Morgan fingerprint density at radius 2 is 2.00 bits per heavy atom. The fourth-order valence-electron chi connectivity index (χ4n) is 4.74. The number of fused-ring (bicyclic) bond motifs is 1. The number of likely N-dealkylation sites (tertiary alicyclic amines) is 1. The number of carbonyl (C=O) groups is 2. The Bertz CT molecular complexity index is 1540. The van der Waals surface area contributed by atoms with Crippen LogP contribution in [0.4, 0.5) is 15.9 Å². The second-order valence-corrected chi connectivity index (χ2v) is 9.17. The van der Waals surface area contributed by atoms with Gasteiger partial charge in [-0.3, -0.25) is 14.0 Å². The number of nitrogens with one attached hydrogen (secondary N) is 1.